The summed E-state index contributed by atoms with van der Waals surface area (Å²) in [5.74, 6) is -0.433. The molecule has 0 radical (unpaired) electrons. The van der Waals surface area contributed by atoms with Crippen molar-refractivity contribution in [2.24, 2.45) is 0 Å². The molecule has 0 bridgehead atoms. The zero-order valence-corrected chi connectivity index (χ0v) is 15.5. The molecule has 0 atom stereocenters. The molecule has 0 spiro atoms. The van der Waals surface area contributed by atoms with E-state index in [-0.39, 0.29) is 18.5 Å². The number of rotatable bonds is 7. The maximum atomic E-state index is 12.3. The Kier molecular flexibility index (Phi) is 6.99. The van der Waals surface area contributed by atoms with Crippen molar-refractivity contribution in [1.29, 1.82) is 0 Å². The van der Waals surface area contributed by atoms with E-state index in [1.165, 1.54) is 5.56 Å². The summed E-state index contributed by atoms with van der Waals surface area (Å²) in [7, 11) is 0. The lowest BCUT2D eigenvalue weighted by Gasteiger charge is -2.34. The normalized spacial score (nSPS) is 14.7. The standard InChI is InChI=1S/C22H26N2O3/c25-21(18-27-22(26)12-11-19-7-3-1-4-8-19)24-15-13-23(14-16-24)17-20-9-5-2-6-10-20/h1-10H,11-18H2. The largest absolute Gasteiger partial charge is 0.456 e. The van der Waals surface area contributed by atoms with Crippen LogP contribution >= 0.6 is 0 Å². The van der Waals surface area contributed by atoms with Gasteiger partial charge in [0.25, 0.3) is 5.91 Å². The molecule has 27 heavy (non-hydrogen) atoms. The van der Waals surface area contributed by atoms with Crippen molar-refractivity contribution >= 4 is 11.9 Å². The molecule has 0 aromatic heterocycles. The maximum Gasteiger partial charge on any atom is 0.306 e. The Hall–Kier alpha value is -2.66. The highest BCUT2D eigenvalue weighted by molar-refractivity contribution is 5.80. The molecule has 2 aromatic rings. The minimum absolute atomic E-state index is 0.109. The number of amides is 1. The van der Waals surface area contributed by atoms with Crippen LogP contribution in [0.25, 0.3) is 0 Å². The van der Waals surface area contributed by atoms with Crippen LogP contribution in [0.15, 0.2) is 60.7 Å². The Balaban J connectivity index is 1.34. The van der Waals surface area contributed by atoms with Gasteiger partial charge in [-0.2, -0.15) is 0 Å². The second kappa shape index (κ2) is 9.88. The minimum atomic E-state index is -0.324. The second-order valence-electron chi connectivity index (χ2n) is 6.79. The van der Waals surface area contributed by atoms with Crippen LogP contribution in [0.1, 0.15) is 17.5 Å². The molecular weight excluding hydrogens is 340 g/mol. The van der Waals surface area contributed by atoms with Crippen molar-refractivity contribution in [2.75, 3.05) is 32.8 Å². The van der Waals surface area contributed by atoms with E-state index in [0.29, 0.717) is 25.9 Å². The van der Waals surface area contributed by atoms with Gasteiger partial charge in [0.1, 0.15) is 0 Å². The first-order valence-corrected chi connectivity index (χ1v) is 9.44. The van der Waals surface area contributed by atoms with Gasteiger partial charge in [-0.25, -0.2) is 0 Å². The number of carbonyl (C=O) groups excluding carboxylic acids is 2. The highest BCUT2D eigenvalue weighted by Gasteiger charge is 2.22. The Bertz CT molecular complexity index is 726. The predicted octanol–water partition coefficient (Wildman–Crippen LogP) is 2.51. The summed E-state index contributed by atoms with van der Waals surface area (Å²) >= 11 is 0. The molecule has 1 fully saturated rings. The molecule has 0 saturated carbocycles. The lowest BCUT2D eigenvalue weighted by Crippen LogP contribution is -2.49. The molecule has 142 valence electrons. The number of hydrogen-bond acceptors (Lipinski definition) is 4. The van der Waals surface area contributed by atoms with Gasteiger partial charge in [0, 0.05) is 39.1 Å². The van der Waals surface area contributed by atoms with Crippen LogP contribution in [0, 0.1) is 0 Å². The molecule has 2 aromatic carbocycles. The molecule has 1 aliphatic heterocycles. The van der Waals surface area contributed by atoms with E-state index in [1.54, 1.807) is 4.90 Å². The van der Waals surface area contributed by atoms with Crippen molar-refractivity contribution in [3.63, 3.8) is 0 Å². The number of hydrogen-bond donors (Lipinski definition) is 0. The van der Waals surface area contributed by atoms with Crippen LogP contribution in [-0.4, -0.2) is 54.5 Å². The monoisotopic (exact) mass is 366 g/mol. The van der Waals surface area contributed by atoms with Gasteiger partial charge < -0.3 is 9.64 Å². The van der Waals surface area contributed by atoms with Gasteiger partial charge in [-0.15, -0.1) is 0 Å². The molecule has 3 rings (SSSR count). The SMILES string of the molecule is O=C(CCc1ccccc1)OCC(=O)N1CCN(Cc2ccccc2)CC1. The van der Waals surface area contributed by atoms with Crippen molar-refractivity contribution in [3.8, 4) is 0 Å². The summed E-state index contributed by atoms with van der Waals surface area (Å²) in [5, 5.41) is 0. The summed E-state index contributed by atoms with van der Waals surface area (Å²) in [6.07, 6.45) is 0.925. The van der Waals surface area contributed by atoms with Crippen LogP contribution in [0.4, 0.5) is 0 Å². The summed E-state index contributed by atoms with van der Waals surface area (Å²) in [6.45, 7) is 3.76. The number of aryl methyl sites for hydroxylation is 1. The van der Waals surface area contributed by atoms with Gasteiger partial charge in [-0.1, -0.05) is 60.7 Å². The van der Waals surface area contributed by atoms with E-state index in [1.807, 2.05) is 48.5 Å². The lowest BCUT2D eigenvalue weighted by atomic mass is 10.1. The minimum Gasteiger partial charge on any atom is -0.456 e. The summed E-state index contributed by atoms with van der Waals surface area (Å²) in [6, 6.07) is 20.1. The lowest BCUT2D eigenvalue weighted by molar-refractivity contribution is -0.152. The average Bonchev–Trinajstić information content (AvgIpc) is 2.72. The highest BCUT2D eigenvalue weighted by atomic mass is 16.5. The van der Waals surface area contributed by atoms with E-state index in [2.05, 4.69) is 17.0 Å². The van der Waals surface area contributed by atoms with E-state index in [9.17, 15) is 9.59 Å². The van der Waals surface area contributed by atoms with E-state index < -0.39 is 0 Å². The van der Waals surface area contributed by atoms with Gasteiger partial charge in [0.05, 0.1) is 0 Å². The Morgan fingerprint density at radius 2 is 1.41 bits per heavy atom. The molecule has 0 N–H and O–H groups in total. The van der Waals surface area contributed by atoms with E-state index >= 15 is 0 Å². The molecular formula is C22H26N2O3. The Morgan fingerprint density at radius 3 is 2.04 bits per heavy atom. The smallest absolute Gasteiger partial charge is 0.306 e. The topological polar surface area (TPSA) is 49.9 Å². The van der Waals surface area contributed by atoms with Crippen molar-refractivity contribution < 1.29 is 14.3 Å². The van der Waals surface area contributed by atoms with E-state index in [0.717, 1.165) is 25.2 Å². The summed E-state index contributed by atoms with van der Waals surface area (Å²) in [5.41, 5.74) is 2.37. The van der Waals surface area contributed by atoms with Crippen molar-refractivity contribution in [2.45, 2.75) is 19.4 Å². The highest BCUT2D eigenvalue weighted by Crippen LogP contribution is 2.09. The summed E-state index contributed by atoms with van der Waals surface area (Å²) in [4.78, 5) is 28.3. The van der Waals surface area contributed by atoms with Gasteiger partial charge in [-0.05, 0) is 17.5 Å². The van der Waals surface area contributed by atoms with Crippen LogP contribution < -0.4 is 0 Å². The number of carbonyl (C=O) groups is 2. The zero-order chi connectivity index (χ0) is 18.9. The molecule has 5 nitrogen and oxygen atoms in total. The number of piperazine rings is 1. The molecule has 1 amide bonds. The van der Waals surface area contributed by atoms with Gasteiger partial charge in [0.15, 0.2) is 6.61 Å². The maximum absolute atomic E-state index is 12.3. The Labute approximate surface area is 160 Å². The molecule has 1 aliphatic rings. The molecule has 0 unspecified atom stereocenters. The fourth-order valence-corrected chi connectivity index (χ4v) is 3.19. The first kappa shape index (κ1) is 19.1. The van der Waals surface area contributed by atoms with Crippen LogP contribution in [0.2, 0.25) is 0 Å². The van der Waals surface area contributed by atoms with Crippen molar-refractivity contribution in [1.82, 2.24) is 9.80 Å². The third-order valence-electron chi connectivity index (χ3n) is 4.79. The first-order chi connectivity index (χ1) is 13.2. The molecule has 5 heteroatoms. The molecule has 1 heterocycles. The number of ether oxygens (including phenoxy) is 1. The Morgan fingerprint density at radius 1 is 0.815 bits per heavy atom. The second-order valence-corrected chi connectivity index (χ2v) is 6.79. The first-order valence-electron chi connectivity index (χ1n) is 9.44. The fraction of sp³-hybridized carbons (Fsp3) is 0.364. The average molecular weight is 366 g/mol. The number of esters is 1. The quantitative estimate of drug-likeness (QED) is 0.707. The number of benzene rings is 2. The predicted molar refractivity (Wildman–Crippen MR) is 104 cm³/mol. The third-order valence-corrected chi connectivity index (χ3v) is 4.79. The van der Waals surface area contributed by atoms with Crippen LogP contribution in [0.3, 0.4) is 0 Å². The summed E-state index contributed by atoms with van der Waals surface area (Å²) < 4.78 is 5.16. The van der Waals surface area contributed by atoms with Gasteiger partial charge in [0.2, 0.25) is 0 Å². The molecule has 0 aliphatic carbocycles. The van der Waals surface area contributed by atoms with Crippen LogP contribution in [0.5, 0.6) is 0 Å². The number of nitrogens with zero attached hydrogens (tertiary/aromatic N) is 2. The third kappa shape index (κ3) is 6.22. The molecule has 1 saturated heterocycles. The van der Waals surface area contributed by atoms with Gasteiger partial charge in [-0.3, -0.25) is 14.5 Å². The van der Waals surface area contributed by atoms with E-state index in [4.69, 9.17) is 4.74 Å². The van der Waals surface area contributed by atoms with Gasteiger partial charge >= 0.3 is 5.97 Å². The van der Waals surface area contributed by atoms with Crippen molar-refractivity contribution in [3.05, 3.63) is 71.8 Å². The zero-order valence-electron chi connectivity index (χ0n) is 15.5. The van der Waals surface area contributed by atoms with Crippen LogP contribution in [-0.2, 0) is 27.3 Å². The fourth-order valence-electron chi connectivity index (χ4n) is 3.19.